The summed E-state index contributed by atoms with van der Waals surface area (Å²) < 4.78 is 5.47. The summed E-state index contributed by atoms with van der Waals surface area (Å²) in [5, 5.41) is 0. The van der Waals surface area contributed by atoms with Gasteiger partial charge in [0.15, 0.2) is 0 Å². The maximum atomic E-state index is 13.0. The predicted octanol–water partition coefficient (Wildman–Crippen LogP) is 2.37. The molecule has 3 rings (SSSR count). The molecule has 2 aliphatic heterocycles. The standard InChI is InChI=1S/C21H32N4O3/c1-21(2,3)28-20(27)25-10-6-7-17(15-25)19(26)24-13-11-23(12-14-24)16-18-8-4-5-9-22-18/h4-5,8-9,17H,6-7,10-16H2,1-3H3. The van der Waals surface area contributed by atoms with Crippen LogP contribution in [-0.4, -0.2) is 76.6 Å². The molecule has 1 atom stereocenters. The Morgan fingerprint density at radius 3 is 2.50 bits per heavy atom. The predicted molar refractivity (Wildman–Crippen MR) is 107 cm³/mol. The zero-order chi connectivity index (χ0) is 20.1. The molecule has 0 bridgehead atoms. The normalized spacial score (nSPS) is 21.5. The summed E-state index contributed by atoms with van der Waals surface area (Å²) in [6.45, 7) is 10.7. The zero-order valence-corrected chi connectivity index (χ0v) is 17.3. The van der Waals surface area contributed by atoms with Crippen LogP contribution in [0.2, 0.25) is 0 Å². The largest absolute Gasteiger partial charge is 0.444 e. The average Bonchev–Trinajstić information content (AvgIpc) is 2.68. The number of hydrogen-bond acceptors (Lipinski definition) is 5. The highest BCUT2D eigenvalue weighted by molar-refractivity contribution is 5.80. The van der Waals surface area contributed by atoms with Crippen LogP contribution in [0.4, 0.5) is 4.79 Å². The third kappa shape index (κ3) is 5.67. The van der Waals surface area contributed by atoms with E-state index in [9.17, 15) is 9.59 Å². The van der Waals surface area contributed by atoms with Crippen molar-refractivity contribution in [3.05, 3.63) is 30.1 Å². The Labute approximate surface area is 167 Å². The molecule has 0 saturated carbocycles. The molecular weight excluding hydrogens is 356 g/mol. The number of likely N-dealkylation sites (tertiary alicyclic amines) is 1. The minimum Gasteiger partial charge on any atom is -0.444 e. The van der Waals surface area contributed by atoms with Crippen molar-refractivity contribution in [3.63, 3.8) is 0 Å². The number of nitrogens with zero attached hydrogens (tertiary/aromatic N) is 4. The van der Waals surface area contributed by atoms with Gasteiger partial charge in [0, 0.05) is 52.0 Å². The SMILES string of the molecule is CC(C)(C)OC(=O)N1CCCC(C(=O)N2CCN(Cc3ccccn3)CC2)C1. The van der Waals surface area contributed by atoms with Gasteiger partial charge in [0.05, 0.1) is 11.6 Å². The number of aromatic nitrogens is 1. The summed E-state index contributed by atoms with van der Waals surface area (Å²) in [6.07, 6.45) is 3.18. The molecule has 0 N–H and O–H groups in total. The topological polar surface area (TPSA) is 66.0 Å². The van der Waals surface area contributed by atoms with E-state index in [1.807, 2.05) is 50.1 Å². The van der Waals surface area contributed by atoms with E-state index in [2.05, 4.69) is 9.88 Å². The van der Waals surface area contributed by atoms with Crippen molar-refractivity contribution >= 4 is 12.0 Å². The lowest BCUT2D eigenvalue weighted by Gasteiger charge is -2.39. The first-order chi connectivity index (χ1) is 13.3. The van der Waals surface area contributed by atoms with Gasteiger partial charge in [-0.25, -0.2) is 4.79 Å². The lowest BCUT2D eigenvalue weighted by molar-refractivity contribution is -0.139. The number of piperazine rings is 1. The van der Waals surface area contributed by atoms with Gasteiger partial charge < -0.3 is 14.5 Å². The van der Waals surface area contributed by atoms with Crippen LogP contribution in [0, 0.1) is 5.92 Å². The zero-order valence-electron chi connectivity index (χ0n) is 17.3. The lowest BCUT2D eigenvalue weighted by Crippen LogP contribution is -2.53. The van der Waals surface area contributed by atoms with Crippen molar-refractivity contribution in [3.8, 4) is 0 Å². The molecule has 0 aliphatic carbocycles. The molecule has 3 heterocycles. The van der Waals surface area contributed by atoms with E-state index >= 15 is 0 Å². The number of pyridine rings is 1. The minimum atomic E-state index is -0.516. The highest BCUT2D eigenvalue weighted by Crippen LogP contribution is 2.22. The Bertz CT molecular complexity index is 666. The molecule has 2 fully saturated rings. The number of carbonyl (C=O) groups excluding carboxylic acids is 2. The van der Waals surface area contributed by atoms with Gasteiger partial charge in [-0.05, 0) is 45.7 Å². The highest BCUT2D eigenvalue weighted by Gasteiger charge is 2.34. The van der Waals surface area contributed by atoms with Crippen molar-refractivity contribution in [2.45, 2.75) is 45.8 Å². The molecule has 2 aliphatic rings. The molecule has 1 aromatic rings. The van der Waals surface area contributed by atoms with E-state index in [0.29, 0.717) is 13.1 Å². The van der Waals surface area contributed by atoms with Crippen molar-refractivity contribution in [2.75, 3.05) is 39.3 Å². The monoisotopic (exact) mass is 388 g/mol. The second-order valence-corrected chi connectivity index (χ2v) is 8.69. The van der Waals surface area contributed by atoms with Crippen molar-refractivity contribution in [2.24, 2.45) is 5.92 Å². The molecule has 7 nitrogen and oxygen atoms in total. The van der Waals surface area contributed by atoms with Gasteiger partial charge >= 0.3 is 6.09 Å². The second kappa shape index (κ2) is 8.90. The first-order valence-corrected chi connectivity index (χ1v) is 10.2. The summed E-state index contributed by atoms with van der Waals surface area (Å²) in [4.78, 5) is 35.7. The Balaban J connectivity index is 1.48. The number of hydrogen-bond donors (Lipinski definition) is 0. The average molecular weight is 389 g/mol. The maximum absolute atomic E-state index is 13.0. The van der Waals surface area contributed by atoms with Gasteiger partial charge in [-0.3, -0.25) is 14.7 Å². The quantitative estimate of drug-likeness (QED) is 0.795. The van der Waals surface area contributed by atoms with Crippen LogP contribution >= 0.6 is 0 Å². The smallest absolute Gasteiger partial charge is 0.410 e. The summed E-state index contributed by atoms with van der Waals surface area (Å²) >= 11 is 0. The summed E-state index contributed by atoms with van der Waals surface area (Å²) in [5.41, 5.74) is 0.542. The van der Waals surface area contributed by atoms with E-state index in [4.69, 9.17) is 4.74 Å². The first-order valence-electron chi connectivity index (χ1n) is 10.2. The molecule has 0 aromatic carbocycles. The fraction of sp³-hybridized carbons (Fsp3) is 0.667. The molecular formula is C21H32N4O3. The van der Waals surface area contributed by atoms with E-state index in [-0.39, 0.29) is 17.9 Å². The fourth-order valence-corrected chi connectivity index (χ4v) is 3.78. The Morgan fingerprint density at radius 2 is 1.86 bits per heavy atom. The van der Waals surface area contributed by atoms with Crippen molar-refractivity contribution in [1.82, 2.24) is 19.7 Å². The molecule has 2 amide bonds. The van der Waals surface area contributed by atoms with Crippen LogP contribution < -0.4 is 0 Å². The number of piperidine rings is 1. The van der Waals surface area contributed by atoms with Crippen molar-refractivity contribution < 1.29 is 14.3 Å². The van der Waals surface area contributed by atoms with Gasteiger partial charge in [-0.1, -0.05) is 6.07 Å². The van der Waals surface area contributed by atoms with Gasteiger partial charge in [0.2, 0.25) is 5.91 Å². The van der Waals surface area contributed by atoms with Crippen LogP contribution in [0.5, 0.6) is 0 Å². The highest BCUT2D eigenvalue weighted by atomic mass is 16.6. The molecule has 0 spiro atoms. The van der Waals surface area contributed by atoms with Gasteiger partial charge in [-0.2, -0.15) is 0 Å². The van der Waals surface area contributed by atoms with E-state index in [0.717, 1.165) is 51.3 Å². The first kappa shape index (κ1) is 20.6. The van der Waals surface area contributed by atoms with Crippen LogP contribution in [0.25, 0.3) is 0 Å². The van der Waals surface area contributed by atoms with Crippen LogP contribution in [0.1, 0.15) is 39.3 Å². The molecule has 28 heavy (non-hydrogen) atoms. The van der Waals surface area contributed by atoms with Gasteiger partial charge in [0.1, 0.15) is 5.60 Å². The van der Waals surface area contributed by atoms with Gasteiger partial charge in [-0.15, -0.1) is 0 Å². The molecule has 0 radical (unpaired) electrons. The third-order valence-electron chi connectivity index (χ3n) is 5.22. The summed E-state index contributed by atoms with van der Waals surface area (Å²) in [6, 6.07) is 5.96. The molecule has 154 valence electrons. The Hall–Kier alpha value is -2.15. The number of ether oxygens (including phenoxy) is 1. The molecule has 2 saturated heterocycles. The molecule has 1 aromatic heterocycles. The van der Waals surface area contributed by atoms with E-state index in [1.165, 1.54) is 0 Å². The van der Waals surface area contributed by atoms with E-state index < -0.39 is 5.60 Å². The van der Waals surface area contributed by atoms with Gasteiger partial charge in [0.25, 0.3) is 0 Å². The second-order valence-electron chi connectivity index (χ2n) is 8.69. The minimum absolute atomic E-state index is 0.122. The summed E-state index contributed by atoms with van der Waals surface area (Å²) in [7, 11) is 0. The van der Waals surface area contributed by atoms with Crippen LogP contribution in [0.15, 0.2) is 24.4 Å². The molecule has 1 unspecified atom stereocenters. The van der Waals surface area contributed by atoms with Crippen molar-refractivity contribution in [1.29, 1.82) is 0 Å². The van der Waals surface area contributed by atoms with Crippen LogP contribution in [-0.2, 0) is 16.1 Å². The number of amides is 2. The Morgan fingerprint density at radius 1 is 1.11 bits per heavy atom. The van der Waals surface area contributed by atoms with E-state index in [1.54, 1.807) is 4.90 Å². The third-order valence-corrected chi connectivity index (χ3v) is 5.22. The Kier molecular flexibility index (Phi) is 6.54. The number of rotatable bonds is 3. The molecule has 7 heteroatoms. The maximum Gasteiger partial charge on any atom is 0.410 e. The lowest BCUT2D eigenvalue weighted by atomic mass is 9.96. The van der Waals surface area contributed by atoms with Crippen LogP contribution in [0.3, 0.4) is 0 Å². The fourth-order valence-electron chi connectivity index (χ4n) is 3.78. The summed E-state index contributed by atoms with van der Waals surface area (Å²) in [5.74, 6) is 0.0503. The number of carbonyl (C=O) groups is 2.